The highest BCUT2D eigenvalue weighted by atomic mass is 79.9. The summed E-state index contributed by atoms with van der Waals surface area (Å²) in [6.07, 6.45) is 3.71. The van der Waals surface area contributed by atoms with Gasteiger partial charge in [0.25, 0.3) is 0 Å². The summed E-state index contributed by atoms with van der Waals surface area (Å²) in [7, 11) is 0. The van der Waals surface area contributed by atoms with E-state index in [2.05, 4.69) is 70.4 Å². The highest BCUT2D eigenvalue weighted by Gasteiger charge is 2.10. The van der Waals surface area contributed by atoms with Crippen molar-refractivity contribution in [2.24, 2.45) is 0 Å². The van der Waals surface area contributed by atoms with Crippen LogP contribution in [0.4, 0.5) is 0 Å². The van der Waals surface area contributed by atoms with E-state index in [9.17, 15) is 0 Å². The van der Waals surface area contributed by atoms with E-state index in [0.717, 1.165) is 4.47 Å². The van der Waals surface area contributed by atoms with E-state index in [4.69, 9.17) is 0 Å². The normalized spacial score (nSPS) is 14.2. The minimum atomic E-state index is 0.289. The van der Waals surface area contributed by atoms with Gasteiger partial charge in [0, 0.05) is 29.0 Å². The van der Waals surface area contributed by atoms with Crippen LogP contribution in [-0.4, -0.2) is 4.98 Å². The van der Waals surface area contributed by atoms with Crippen molar-refractivity contribution in [3.63, 3.8) is 0 Å². The van der Waals surface area contributed by atoms with Gasteiger partial charge in [-0.2, -0.15) is 0 Å². The molecular formula is C15H17BrN2. The standard InChI is InChI=1S/C15H17BrN2/c1-11(13-5-7-15(16)8-6-13)18-12(2)14-4-3-9-17-10-14/h3-12,18H,1-2H3/t11-,12+/m0/s1. The lowest BCUT2D eigenvalue weighted by Gasteiger charge is -2.20. The summed E-state index contributed by atoms with van der Waals surface area (Å²) in [5.41, 5.74) is 2.50. The predicted octanol–water partition coefficient (Wildman–Crippen LogP) is 4.26. The average Bonchev–Trinajstić information content (AvgIpc) is 2.40. The maximum atomic E-state index is 4.15. The van der Waals surface area contributed by atoms with Crippen LogP contribution in [0.1, 0.15) is 37.1 Å². The summed E-state index contributed by atoms with van der Waals surface area (Å²) in [6.45, 7) is 4.34. The molecule has 0 spiro atoms. The van der Waals surface area contributed by atoms with Gasteiger partial charge in [0.15, 0.2) is 0 Å². The van der Waals surface area contributed by atoms with Crippen LogP contribution in [0.3, 0.4) is 0 Å². The maximum absolute atomic E-state index is 4.15. The second kappa shape index (κ2) is 6.12. The molecule has 0 bridgehead atoms. The first-order valence-electron chi connectivity index (χ1n) is 6.08. The van der Waals surface area contributed by atoms with Crippen LogP contribution in [-0.2, 0) is 0 Å². The van der Waals surface area contributed by atoms with Crippen LogP contribution in [0.2, 0.25) is 0 Å². The van der Waals surface area contributed by atoms with Crippen LogP contribution in [0.5, 0.6) is 0 Å². The smallest absolute Gasteiger partial charge is 0.0315 e. The zero-order chi connectivity index (χ0) is 13.0. The molecule has 18 heavy (non-hydrogen) atoms. The summed E-state index contributed by atoms with van der Waals surface area (Å²) >= 11 is 3.45. The Hall–Kier alpha value is -1.19. The maximum Gasteiger partial charge on any atom is 0.0315 e. The Morgan fingerprint density at radius 2 is 1.67 bits per heavy atom. The van der Waals surface area contributed by atoms with E-state index in [1.165, 1.54) is 11.1 Å². The number of rotatable bonds is 4. The summed E-state index contributed by atoms with van der Waals surface area (Å²) in [6, 6.07) is 13.1. The first kappa shape index (κ1) is 13.2. The van der Waals surface area contributed by atoms with Gasteiger partial charge in [-0.05, 0) is 43.2 Å². The van der Waals surface area contributed by atoms with Crippen LogP contribution in [0, 0.1) is 0 Å². The molecule has 0 aliphatic heterocycles. The van der Waals surface area contributed by atoms with Crippen molar-refractivity contribution in [3.05, 3.63) is 64.4 Å². The Morgan fingerprint density at radius 3 is 2.28 bits per heavy atom. The Balaban J connectivity index is 2.03. The van der Waals surface area contributed by atoms with E-state index in [-0.39, 0.29) is 6.04 Å². The molecule has 0 unspecified atom stereocenters. The fourth-order valence-electron chi connectivity index (χ4n) is 1.95. The highest BCUT2D eigenvalue weighted by Crippen LogP contribution is 2.20. The van der Waals surface area contributed by atoms with Gasteiger partial charge in [-0.25, -0.2) is 0 Å². The number of benzene rings is 1. The third kappa shape index (κ3) is 3.40. The first-order valence-corrected chi connectivity index (χ1v) is 6.87. The molecule has 0 radical (unpaired) electrons. The lowest BCUT2D eigenvalue weighted by molar-refractivity contribution is 0.493. The molecule has 94 valence electrons. The molecule has 0 aliphatic carbocycles. The van der Waals surface area contributed by atoms with E-state index in [1.54, 1.807) is 6.20 Å². The number of pyridine rings is 1. The van der Waals surface area contributed by atoms with Crippen molar-refractivity contribution >= 4 is 15.9 Å². The first-order chi connectivity index (χ1) is 8.66. The zero-order valence-electron chi connectivity index (χ0n) is 10.6. The quantitative estimate of drug-likeness (QED) is 0.913. The molecule has 2 rings (SSSR count). The SMILES string of the molecule is C[C@H](N[C@H](C)c1cccnc1)c1ccc(Br)cc1. The monoisotopic (exact) mass is 304 g/mol. The summed E-state index contributed by atoms with van der Waals surface area (Å²) in [5, 5.41) is 3.58. The van der Waals surface area contributed by atoms with Crippen LogP contribution in [0.15, 0.2) is 53.3 Å². The van der Waals surface area contributed by atoms with Crippen molar-refractivity contribution in [1.29, 1.82) is 0 Å². The fraction of sp³-hybridized carbons (Fsp3) is 0.267. The zero-order valence-corrected chi connectivity index (χ0v) is 12.2. The minimum Gasteiger partial charge on any atom is -0.304 e. The number of nitrogens with zero attached hydrogens (tertiary/aromatic N) is 1. The summed E-state index contributed by atoms with van der Waals surface area (Å²) in [4.78, 5) is 4.15. The number of hydrogen-bond donors (Lipinski definition) is 1. The molecule has 0 saturated carbocycles. The third-order valence-electron chi connectivity index (χ3n) is 3.05. The Bertz CT molecular complexity index is 482. The van der Waals surface area contributed by atoms with Crippen molar-refractivity contribution in [2.75, 3.05) is 0 Å². The summed E-state index contributed by atoms with van der Waals surface area (Å²) < 4.78 is 1.11. The second-order valence-corrected chi connectivity index (χ2v) is 5.36. The molecule has 0 amide bonds. The molecule has 2 atom stereocenters. The lowest BCUT2D eigenvalue weighted by atomic mass is 10.1. The van der Waals surface area contributed by atoms with Crippen molar-refractivity contribution in [2.45, 2.75) is 25.9 Å². The van der Waals surface area contributed by atoms with E-state index >= 15 is 0 Å². The van der Waals surface area contributed by atoms with Gasteiger partial charge in [-0.3, -0.25) is 4.98 Å². The largest absolute Gasteiger partial charge is 0.304 e. The molecule has 1 N–H and O–H groups in total. The number of hydrogen-bond acceptors (Lipinski definition) is 2. The van der Waals surface area contributed by atoms with Gasteiger partial charge in [-0.1, -0.05) is 34.1 Å². The van der Waals surface area contributed by atoms with Crippen LogP contribution >= 0.6 is 15.9 Å². The molecule has 1 aromatic carbocycles. The number of nitrogens with one attached hydrogen (secondary N) is 1. The third-order valence-corrected chi connectivity index (χ3v) is 3.58. The van der Waals surface area contributed by atoms with Gasteiger partial charge >= 0.3 is 0 Å². The fourth-order valence-corrected chi connectivity index (χ4v) is 2.22. The summed E-state index contributed by atoms with van der Waals surface area (Å²) in [5.74, 6) is 0. The molecule has 2 nitrogen and oxygen atoms in total. The van der Waals surface area contributed by atoms with Crippen molar-refractivity contribution in [3.8, 4) is 0 Å². The van der Waals surface area contributed by atoms with Gasteiger partial charge in [-0.15, -0.1) is 0 Å². The van der Waals surface area contributed by atoms with Gasteiger partial charge < -0.3 is 5.32 Å². The molecule has 1 heterocycles. The molecule has 0 saturated heterocycles. The van der Waals surface area contributed by atoms with Gasteiger partial charge in [0.2, 0.25) is 0 Å². The second-order valence-electron chi connectivity index (χ2n) is 4.45. The number of aromatic nitrogens is 1. The molecule has 0 aliphatic rings. The Labute approximate surface area is 117 Å². The van der Waals surface area contributed by atoms with Gasteiger partial charge in [0.05, 0.1) is 0 Å². The molecular weight excluding hydrogens is 288 g/mol. The predicted molar refractivity (Wildman–Crippen MR) is 78.3 cm³/mol. The number of halogens is 1. The molecule has 0 fully saturated rings. The van der Waals surface area contributed by atoms with Crippen LogP contribution in [0.25, 0.3) is 0 Å². The van der Waals surface area contributed by atoms with Crippen molar-refractivity contribution < 1.29 is 0 Å². The lowest BCUT2D eigenvalue weighted by Crippen LogP contribution is -2.22. The van der Waals surface area contributed by atoms with Crippen LogP contribution < -0.4 is 5.32 Å². The highest BCUT2D eigenvalue weighted by molar-refractivity contribution is 9.10. The topological polar surface area (TPSA) is 24.9 Å². The Morgan fingerprint density at radius 1 is 1.00 bits per heavy atom. The van der Waals surface area contributed by atoms with Gasteiger partial charge in [0.1, 0.15) is 0 Å². The molecule has 2 aromatic rings. The van der Waals surface area contributed by atoms with Crippen molar-refractivity contribution in [1.82, 2.24) is 10.3 Å². The molecule has 1 aromatic heterocycles. The van der Waals surface area contributed by atoms with E-state index in [1.807, 2.05) is 12.3 Å². The van der Waals surface area contributed by atoms with E-state index < -0.39 is 0 Å². The average molecular weight is 305 g/mol. The van der Waals surface area contributed by atoms with E-state index in [0.29, 0.717) is 6.04 Å². The Kier molecular flexibility index (Phi) is 4.50. The minimum absolute atomic E-state index is 0.289. The molecule has 3 heteroatoms.